The summed E-state index contributed by atoms with van der Waals surface area (Å²) in [5, 5.41) is 8.98. The van der Waals surface area contributed by atoms with E-state index in [0.717, 1.165) is 11.8 Å². The van der Waals surface area contributed by atoms with Crippen LogP contribution < -0.4 is 0 Å². The summed E-state index contributed by atoms with van der Waals surface area (Å²) in [6, 6.07) is 2.50. The Kier molecular flexibility index (Phi) is 2.35. The van der Waals surface area contributed by atoms with Gasteiger partial charge in [0.15, 0.2) is 0 Å². The molecule has 0 N–H and O–H groups in total. The molecular formula is C11H17N. The average Bonchev–Trinajstić information content (AvgIpc) is 2.17. The van der Waals surface area contributed by atoms with Crippen LogP contribution >= 0.6 is 0 Å². The third kappa shape index (κ3) is 1.35. The highest BCUT2D eigenvalue weighted by Gasteiger charge is 2.34. The summed E-state index contributed by atoms with van der Waals surface area (Å²) in [5.41, 5.74) is 0. The molecule has 0 spiro atoms. The van der Waals surface area contributed by atoms with E-state index in [1.54, 1.807) is 0 Å². The topological polar surface area (TPSA) is 23.8 Å². The lowest BCUT2D eigenvalue weighted by molar-refractivity contribution is 0.133. The first kappa shape index (κ1) is 8.10. The fraction of sp³-hybridized carbons (Fsp3) is 0.909. The number of rotatable bonds is 0. The normalized spacial score (nSPS) is 41.4. The Hall–Kier alpha value is -0.510. The van der Waals surface area contributed by atoms with Gasteiger partial charge in [-0.25, -0.2) is 0 Å². The first-order valence-electron chi connectivity index (χ1n) is 5.31. The second-order valence-corrected chi connectivity index (χ2v) is 4.37. The minimum absolute atomic E-state index is 0.407. The maximum absolute atomic E-state index is 8.98. The lowest BCUT2D eigenvalue weighted by Gasteiger charge is -2.38. The molecule has 2 aliphatic rings. The van der Waals surface area contributed by atoms with Gasteiger partial charge in [0, 0.05) is 5.92 Å². The van der Waals surface area contributed by atoms with E-state index in [-0.39, 0.29) is 0 Å². The van der Waals surface area contributed by atoms with E-state index in [0.29, 0.717) is 5.92 Å². The molecular weight excluding hydrogens is 146 g/mol. The van der Waals surface area contributed by atoms with Gasteiger partial charge in [-0.15, -0.1) is 0 Å². The first-order valence-corrected chi connectivity index (χ1v) is 5.31. The minimum Gasteiger partial charge on any atom is -0.198 e. The SMILES string of the molecule is N#CC1CCCC2CCCCC12. The molecule has 0 heterocycles. The van der Waals surface area contributed by atoms with Crippen molar-refractivity contribution in [1.82, 2.24) is 0 Å². The van der Waals surface area contributed by atoms with Gasteiger partial charge < -0.3 is 0 Å². The molecule has 1 nitrogen and oxygen atoms in total. The maximum atomic E-state index is 8.98. The van der Waals surface area contributed by atoms with Gasteiger partial charge in [0.2, 0.25) is 0 Å². The lowest BCUT2D eigenvalue weighted by Crippen LogP contribution is -2.30. The molecule has 3 atom stereocenters. The molecule has 0 bridgehead atoms. The van der Waals surface area contributed by atoms with Crippen molar-refractivity contribution in [1.29, 1.82) is 5.26 Å². The van der Waals surface area contributed by atoms with Crippen molar-refractivity contribution >= 4 is 0 Å². The van der Waals surface area contributed by atoms with Crippen molar-refractivity contribution in [3.05, 3.63) is 0 Å². The summed E-state index contributed by atoms with van der Waals surface area (Å²) in [7, 11) is 0. The van der Waals surface area contributed by atoms with Gasteiger partial charge in [0.05, 0.1) is 6.07 Å². The smallest absolute Gasteiger partial charge is 0.0658 e. The van der Waals surface area contributed by atoms with Crippen LogP contribution in [0.1, 0.15) is 44.9 Å². The summed E-state index contributed by atoms with van der Waals surface area (Å²) in [6.07, 6.45) is 9.42. The van der Waals surface area contributed by atoms with Gasteiger partial charge in [-0.3, -0.25) is 0 Å². The van der Waals surface area contributed by atoms with Crippen molar-refractivity contribution < 1.29 is 0 Å². The Morgan fingerprint density at radius 1 is 0.917 bits per heavy atom. The quantitative estimate of drug-likeness (QED) is 0.538. The van der Waals surface area contributed by atoms with E-state index in [9.17, 15) is 0 Å². The number of fused-ring (bicyclic) bond motifs is 1. The van der Waals surface area contributed by atoms with Crippen LogP contribution in [0.15, 0.2) is 0 Å². The van der Waals surface area contributed by atoms with Crippen LogP contribution in [-0.2, 0) is 0 Å². The first-order chi connectivity index (χ1) is 5.92. The molecule has 2 fully saturated rings. The standard InChI is InChI=1S/C11H17N/c12-8-10-6-3-5-9-4-1-2-7-11(9)10/h9-11H,1-7H2. The van der Waals surface area contributed by atoms with E-state index < -0.39 is 0 Å². The number of hydrogen-bond donors (Lipinski definition) is 0. The summed E-state index contributed by atoms with van der Waals surface area (Å²) in [4.78, 5) is 0. The highest BCUT2D eigenvalue weighted by Crippen LogP contribution is 2.43. The van der Waals surface area contributed by atoms with Crippen molar-refractivity contribution in [3.8, 4) is 6.07 Å². The summed E-state index contributed by atoms with van der Waals surface area (Å²) in [6.45, 7) is 0. The van der Waals surface area contributed by atoms with Crippen LogP contribution in [0, 0.1) is 29.1 Å². The highest BCUT2D eigenvalue weighted by molar-refractivity contribution is 4.95. The van der Waals surface area contributed by atoms with Crippen molar-refractivity contribution in [2.45, 2.75) is 44.9 Å². The van der Waals surface area contributed by atoms with Gasteiger partial charge in [-0.05, 0) is 24.7 Å². The van der Waals surface area contributed by atoms with Crippen LogP contribution in [0.3, 0.4) is 0 Å². The van der Waals surface area contributed by atoms with Crippen LogP contribution in [-0.4, -0.2) is 0 Å². The van der Waals surface area contributed by atoms with Gasteiger partial charge in [-0.1, -0.05) is 32.1 Å². The van der Waals surface area contributed by atoms with Crippen LogP contribution in [0.4, 0.5) is 0 Å². The minimum atomic E-state index is 0.407. The van der Waals surface area contributed by atoms with Crippen molar-refractivity contribution in [3.63, 3.8) is 0 Å². The molecule has 0 aliphatic heterocycles. The Morgan fingerprint density at radius 2 is 1.67 bits per heavy atom. The fourth-order valence-electron chi connectivity index (χ4n) is 3.10. The molecule has 2 rings (SSSR count). The Morgan fingerprint density at radius 3 is 2.50 bits per heavy atom. The van der Waals surface area contributed by atoms with E-state index >= 15 is 0 Å². The summed E-state index contributed by atoms with van der Waals surface area (Å²) >= 11 is 0. The number of hydrogen-bond acceptors (Lipinski definition) is 1. The molecule has 3 unspecified atom stereocenters. The Labute approximate surface area is 74.8 Å². The zero-order valence-electron chi connectivity index (χ0n) is 7.63. The molecule has 12 heavy (non-hydrogen) atoms. The van der Waals surface area contributed by atoms with E-state index in [4.69, 9.17) is 5.26 Å². The molecule has 0 amide bonds. The number of nitrogens with zero attached hydrogens (tertiary/aromatic N) is 1. The molecule has 0 saturated heterocycles. The van der Waals surface area contributed by atoms with Gasteiger partial charge in [0.25, 0.3) is 0 Å². The third-order valence-corrected chi connectivity index (χ3v) is 3.74. The van der Waals surface area contributed by atoms with Gasteiger partial charge >= 0.3 is 0 Å². The zero-order chi connectivity index (χ0) is 8.39. The van der Waals surface area contributed by atoms with E-state index in [2.05, 4.69) is 6.07 Å². The van der Waals surface area contributed by atoms with Gasteiger partial charge in [0.1, 0.15) is 0 Å². The summed E-state index contributed by atoms with van der Waals surface area (Å²) in [5.74, 6) is 2.10. The second kappa shape index (κ2) is 3.47. The number of nitriles is 1. The highest BCUT2D eigenvalue weighted by atomic mass is 14.4. The largest absolute Gasteiger partial charge is 0.198 e. The predicted molar refractivity (Wildman–Crippen MR) is 48.4 cm³/mol. The molecule has 2 aliphatic carbocycles. The average molecular weight is 163 g/mol. The zero-order valence-corrected chi connectivity index (χ0v) is 7.63. The lowest BCUT2D eigenvalue weighted by atomic mass is 9.66. The molecule has 0 aromatic carbocycles. The molecule has 0 aromatic rings. The van der Waals surface area contributed by atoms with E-state index in [1.807, 2.05) is 0 Å². The molecule has 0 radical (unpaired) electrons. The fourth-order valence-corrected chi connectivity index (χ4v) is 3.10. The van der Waals surface area contributed by atoms with Gasteiger partial charge in [-0.2, -0.15) is 5.26 Å². The second-order valence-electron chi connectivity index (χ2n) is 4.37. The maximum Gasteiger partial charge on any atom is 0.0658 e. The molecule has 0 aromatic heterocycles. The van der Waals surface area contributed by atoms with E-state index in [1.165, 1.54) is 44.9 Å². The Bertz CT molecular complexity index is 190. The summed E-state index contributed by atoms with van der Waals surface area (Å²) < 4.78 is 0. The monoisotopic (exact) mass is 163 g/mol. The Balaban J connectivity index is 2.05. The predicted octanol–water partition coefficient (Wildman–Crippen LogP) is 3.12. The molecule has 2 saturated carbocycles. The molecule has 1 heteroatoms. The van der Waals surface area contributed by atoms with Crippen LogP contribution in [0.25, 0.3) is 0 Å². The molecule has 66 valence electrons. The van der Waals surface area contributed by atoms with Crippen LogP contribution in [0.2, 0.25) is 0 Å². The third-order valence-electron chi connectivity index (χ3n) is 3.74. The van der Waals surface area contributed by atoms with Crippen molar-refractivity contribution in [2.24, 2.45) is 17.8 Å². The van der Waals surface area contributed by atoms with Crippen LogP contribution in [0.5, 0.6) is 0 Å². The van der Waals surface area contributed by atoms with Crippen molar-refractivity contribution in [2.75, 3.05) is 0 Å².